The van der Waals surface area contributed by atoms with Crippen LogP contribution in [0.25, 0.3) is 0 Å². The lowest BCUT2D eigenvalue weighted by molar-refractivity contribution is -0.124. The van der Waals surface area contributed by atoms with Crippen LogP contribution in [0.2, 0.25) is 0 Å². The third-order valence-corrected chi connectivity index (χ3v) is 7.84. The van der Waals surface area contributed by atoms with E-state index in [-0.39, 0.29) is 33.7 Å². The van der Waals surface area contributed by atoms with E-state index in [1.54, 1.807) is 20.8 Å². The molecule has 0 radical (unpaired) electrons. The number of rotatable bonds is 7. The minimum atomic E-state index is -0.786. The molecule has 2 N–H and O–H groups in total. The normalized spacial score (nSPS) is 23.7. The molecule has 0 heterocycles. The molecule has 1 aromatic rings. The second-order valence-electron chi connectivity index (χ2n) is 11.1. The van der Waals surface area contributed by atoms with Gasteiger partial charge in [-0.2, -0.15) is 5.10 Å². The van der Waals surface area contributed by atoms with Crippen molar-refractivity contribution < 1.29 is 28.6 Å². The zero-order chi connectivity index (χ0) is 26.2. The van der Waals surface area contributed by atoms with Gasteiger partial charge in [0.15, 0.2) is 18.1 Å². The summed E-state index contributed by atoms with van der Waals surface area (Å²) < 4.78 is 15.8. The molecule has 0 spiro atoms. The van der Waals surface area contributed by atoms with Crippen LogP contribution in [0.4, 0.5) is 5.69 Å². The molecule has 1 aromatic carbocycles. The first-order valence-electron chi connectivity index (χ1n) is 11.8. The number of esters is 1. The van der Waals surface area contributed by atoms with Crippen molar-refractivity contribution in [1.29, 1.82) is 0 Å². The van der Waals surface area contributed by atoms with E-state index in [9.17, 15) is 14.4 Å². The molecule has 2 aliphatic rings. The lowest BCUT2D eigenvalue weighted by Gasteiger charge is -2.34. The number of hydrogen-bond acceptors (Lipinski definition) is 7. The molecule has 35 heavy (non-hydrogen) atoms. The van der Waals surface area contributed by atoms with Crippen LogP contribution in [0, 0.1) is 22.2 Å². The summed E-state index contributed by atoms with van der Waals surface area (Å²) >= 11 is 0. The van der Waals surface area contributed by atoms with Crippen LogP contribution in [0.1, 0.15) is 71.2 Å². The largest absolute Gasteiger partial charge is 0.493 e. The highest BCUT2D eigenvalue weighted by molar-refractivity contribution is 6.04. The van der Waals surface area contributed by atoms with E-state index in [1.165, 1.54) is 32.8 Å². The van der Waals surface area contributed by atoms with Gasteiger partial charge in [0.2, 0.25) is 5.91 Å². The standard InChI is InChI=1S/C26H37N3O6/c1-24(2,3)23(32)27-17-13-19(34-8)18(33-7)12-16(17)22(31)35-14-21(30)29-28-20-11-15-9-10-26(20,6)25(15,4)5/h12-13,15H,9-11,14H2,1-8H3,(H,27,32)(H,29,30)/b28-20+. The van der Waals surface area contributed by atoms with Crippen LogP contribution >= 0.6 is 0 Å². The van der Waals surface area contributed by atoms with Gasteiger partial charge in [0.1, 0.15) is 0 Å². The number of fused-ring (bicyclic) bond motifs is 2. The van der Waals surface area contributed by atoms with E-state index in [0.29, 0.717) is 11.7 Å². The number of hydrazone groups is 1. The zero-order valence-electron chi connectivity index (χ0n) is 22.0. The van der Waals surface area contributed by atoms with Crippen molar-refractivity contribution in [3.05, 3.63) is 17.7 Å². The van der Waals surface area contributed by atoms with Gasteiger partial charge in [-0.1, -0.05) is 41.5 Å². The zero-order valence-corrected chi connectivity index (χ0v) is 22.0. The van der Waals surface area contributed by atoms with Crippen LogP contribution in [0.15, 0.2) is 17.2 Å². The SMILES string of the molecule is COc1cc(NC(=O)C(C)(C)C)c(C(=O)OCC(=O)N/N=C2\CC3CCC2(C)C3(C)C)cc1OC. The second kappa shape index (κ2) is 9.51. The number of ether oxygens (including phenoxy) is 3. The smallest absolute Gasteiger partial charge is 0.340 e. The highest BCUT2D eigenvalue weighted by Gasteiger charge is 2.60. The highest BCUT2D eigenvalue weighted by atomic mass is 16.5. The summed E-state index contributed by atoms with van der Waals surface area (Å²) in [5.74, 6) is -0.426. The van der Waals surface area contributed by atoms with E-state index in [4.69, 9.17) is 14.2 Å². The van der Waals surface area contributed by atoms with Crippen molar-refractivity contribution in [2.75, 3.05) is 26.1 Å². The average Bonchev–Trinajstić information content (AvgIpc) is 3.13. The molecule has 9 nitrogen and oxygen atoms in total. The minimum Gasteiger partial charge on any atom is -0.493 e. The summed E-state index contributed by atoms with van der Waals surface area (Å²) in [4.78, 5) is 37.9. The number of methoxy groups -OCH3 is 2. The van der Waals surface area contributed by atoms with E-state index < -0.39 is 23.9 Å². The van der Waals surface area contributed by atoms with Crippen LogP contribution in [-0.2, 0) is 14.3 Å². The number of hydrogen-bond donors (Lipinski definition) is 2. The lowest BCUT2D eigenvalue weighted by Crippen LogP contribution is -2.35. The molecule has 0 saturated heterocycles. The minimum absolute atomic E-state index is 0.0402. The van der Waals surface area contributed by atoms with E-state index in [2.05, 4.69) is 36.6 Å². The summed E-state index contributed by atoms with van der Waals surface area (Å²) in [6.07, 6.45) is 3.09. The van der Waals surface area contributed by atoms with Gasteiger partial charge in [0.25, 0.3) is 5.91 Å². The molecule has 2 bridgehead atoms. The molecule has 2 atom stereocenters. The Morgan fingerprint density at radius 1 is 1.09 bits per heavy atom. The van der Waals surface area contributed by atoms with Gasteiger partial charge in [-0.3, -0.25) is 9.59 Å². The van der Waals surface area contributed by atoms with E-state index in [0.717, 1.165) is 18.6 Å². The third-order valence-electron chi connectivity index (χ3n) is 7.84. The summed E-state index contributed by atoms with van der Waals surface area (Å²) in [6.45, 7) is 11.5. The fraction of sp³-hybridized carbons (Fsp3) is 0.615. The van der Waals surface area contributed by atoms with E-state index >= 15 is 0 Å². The Bertz CT molecular complexity index is 1060. The van der Waals surface area contributed by atoms with Crippen molar-refractivity contribution in [1.82, 2.24) is 5.43 Å². The van der Waals surface area contributed by atoms with Gasteiger partial charge in [-0.15, -0.1) is 0 Å². The maximum atomic E-state index is 12.9. The van der Waals surface area contributed by atoms with Gasteiger partial charge in [-0.05, 0) is 30.6 Å². The number of carbonyl (C=O) groups is 3. The van der Waals surface area contributed by atoms with Crippen molar-refractivity contribution >= 4 is 29.2 Å². The molecule has 2 aliphatic carbocycles. The Balaban J connectivity index is 1.71. The Morgan fingerprint density at radius 2 is 1.71 bits per heavy atom. The molecule has 2 fully saturated rings. The lowest BCUT2D eigenvalue weighted by atomic mass is 9.70. The Morgan fingerprint density at radius 3 is 2.23 bits per heavy atom. The van der Waals surface area contributed by atoms with Gasteiger partial charge in [-0.25, -0.2) is 10.2 Å². The summed E-state index contributed by atoms with van der Waals surface area (Å²) in [7, 11) is 2.89. The van der Waals surface area contributed by atoms with Gasteiger partial charge >= 0.3 is 5.97 Å². The summed E-state index contributed by atoms with van der Waals surface area (Å²) in [5, 5.41) is 7.13. The van der Waals surface area contributed by atoms with Crippen molar-refractivity contribution in [3.63, 3.8) is 0 Å². The maximum absolute atomic E-state index is 12.9. The van der Waals surface area contributed by atoms with Crippen LogP contribution < -0.4 is 20.2 Å². The Labute approximate surface area is 207 Å². The first kappa shape index (κ1) is 26.5. The van der Waals surface area contributed by atoms with Crippen LogP contribution in [-0.4, -0.2) is 44.3 Å². The van der Waals surface area contributed by atoms with Crippen LogP contribution in [0.5, 0.6) is 11.5 Å². The molecule has 0 aliphatic heterocycles. The number of nitrogens with zero attached hydrogens (tertiary/aromatic N) is 1. The molecule has 3 rings (SSSR count). The molecule has 9 heteroatoms. The summed E-state index contributed by atoms with van der Waals surface area (Å²) in [5.41, 5.74) is 3.18. The van der Waals surface area contributed by atoms with Gasteiger partial charge in [0, 0.05) is 28.7 Å². The predicted molar refractivity (Wildman–Crippen MR) is 133 cm³/mol. The third kappa shape index (κ3) is 4.99. The molecular weight excluding hydrogens is 450 g/mol. The van der Waals surface area contributed by atoms with Gasteiger partial charge < -0.3 is 19.5 Å². The molecular formula is C26H37N3O6. The maximum Gasteiger partial charge on any atom is 0.340 e. The molecule has 0 aromatic heterocycles. The molecule has 2 amide bonds. The number of benzene rings is 1. The fourth-order valence-electron chi connectivity index (χ4n) is 4.93. The first-order chi connectivity index (χ1) is 16.2. The molecule has 192 valence electrons. The highest BCUT2D eigenvalue weighted by Crippen LogP contribution is 2.63. The molecule has 2 unspecified atom stereocenters. The number of amides is 2. The van der Waals surface area contributed by atoms with Crippen LogP contribution in [0.3, 0.4) is 0 Å². The van der Waals surface area contributed by atoms with Crippen molar-refractivity contribution in [2.45, 2.75) is 60.8 Å². The second-order valence-corrected chi connectivity index (χ2v) is 11.1. The quantitative estimate of drug-likeness (QED) is 0.441. The monoisotopic (exact) mass is 487 g/mol. The first-order valence-corrected chi connectivity index (χ1v) is 11.8. The number of anilines is 1. The van der Waals surface area contributed by atoms with E-state index in [1.807, 2.05) is 0 Å². The summed E-state index contributed by atoms with van der Waals surface area (Å²) in [6, 6.07) is 2.90. The van der Waals surface area contributed by atoms with Crippen molar-refractivity contribution in [2.24, 2.45) is 27.3 Å². The predicted octanol–water partition coefficient (Wildman–Crippen LogP) is 4.16. The number of nitrogens with one attached hydrogen (secondary N) is 2. The molecule has 2 saturated carbocycles. The van der Waals surface area contributed by atoms with Crippen molar-refractivity contribution in [3.8, 4) is 11.5 Å². The average molecular weight is 488 g/mol. The fourth-order valence-corrected chi connectivity index (χ4v) is 4.93. The van der Waals surface area contributed by atoms with Gasteiger partial charge in [0.05, 0.1) is 25.5 Å². The Kier molecular flexibility index (Phi) is 7.20. The Hall–Kier alpha value is -3.10. The number of carbonyl (C=O) groups excluding carboxylic acids is 3. The topological polar surface area (TPSA) is 115 Å².